The number of amides is 1. The highest BCUT2D eigenvalue weighted by atomic mass is 16.5. The van der Waals surface area contributed by atoms with Gasteiger partial charge in [-0.05, 0) is 6.42 Å². The summed E-state index contributed by atoms with van der Waals surface area (Å²) in [6.45, 7) is 4.67. The van der Waals surface area contributed by atoms with Crippen molar-refractivity contribution in [2.45, 2.75) is 31.9 Å². The minimum absolute atomic E-state index is 0.0926. The fourth-order valence-corrected chi connectivity index (χ4v) is 3.40. The average molecular weight is 250 g/mol. The quantitative estimate of drug-likeness (QED) is 0.712. The molecule has 1 aliphatic heterocycles. The highest BCUT2D eigenvalue weighted by Crippen LogP contribution is 2.58. The van der Waals surface area contributed by atoms with Crippen molar-refractivity contribution in [1.82, 2.24) is 10.2 Å². The minimum atomic E-state index is -0.876. The summed E-state index contributed by atoms with van der Waals surface area (Å²) in [5, 5.41) is 9.30. The molecule has 0 bridgehead atoms. The Hall–Kier alpha value is -1.40. The number of rotatable bonds is 2. The molecule has 0 radical (unpaired) electrons. The average Bonchev–Trinajstić information content (AvgIpc) is 2.97. The van der Waals surface area contributed by atoms with Crippen LogP contribution in [0.15, 0.2) is 12.3 Å². The molecule has 3 atom stereocenters. The summed E-state index contributed by atoms with van der Waals surface area (Å²) in [6, 6.07) is 1.70. The summed E-state index contributed by atoms with van der Waals surface area (Å²) in [6.07, 6.45) is 2.53. The van der Waals surface area contributed by atoms with E-state index in [1.165, 1.54) is 0 Å². The zero-order valence-corrected chi connectivity index (χ0v) is 10.6. The summed E-state index contributed by atoms with van der Waals surface area (Å²) >= 11 is 0. The van der Waals surface area contributed by atoms with Crippen LogP contribution in [0.25, 0.3) is 0 Å². The molecule has 2 fully saturated rings. The Bertz CT molecular complexity index is 470. The number of hydrogen-bond donors (Lipinski definition) is 3. The highest BCUT2D eigenvalue weighted by molar-refractivity contribution is 5.99. The zero-order chi connectivity index (χ0) is 13.0. The molecular weight excluding hydrogens is 232 g/mol. The first-order chi connectivity index (χ1) is 8.48. The van der Waals surface area contributed by atoms with E-state index in [9.17, 15) is 4.79 Å². The number of hydrogen-bond acceptors (Lipinski definition) is 4. The highest BCUT2D eigenvalue weighted by Gasteiger charge is 2.71. The molecule has 1 aliphatic carbocycles. The number of H-pyrrole nitrogens is 1. The van der Waals surface area contributed by atoms with Crippen molar-refractivity contribution in [3.63, 3.8) is 0 Å². The van der Waals surface area contributed by atoms with E-state index in [0.29, 0.717) is 12.4 Å². The summed E-state index contributed by atoms with van der Waals surface area (Å²) in [5.41, 5.74) is 5.17. The Balaban J connectivity index is 1.84. The second-order valence-electron chi connectivity index (χ2n) is 5.70. The van der Waals surface area contributed by atoms with E-state index in [4.69, 9.17) is 10.5 Å². The van der Waals surface area contributed by atoms with E-state index in [2.05, 4.69) is 15.5 Å². The van der Waals surface area contributed by atoms with Crippen molar-refractivity contribution in [1.29, 1.82) is 0 Å². The van der Waals surface area contributed by atoms with Crippen LogP contribution in [0.3, 0.4) is 0 Å². The van der Waals surface area contributed by atoms with Gasteiger partial charge in [-0.15, -0.1) is 0 Å². The molecule has 6 heteroatoms. The van der Waals surface area contributed by atoms with Gasteiger partial charge in [0.1, 0.15) is 11.4 Å². The standard InChI is InChI=1S/C12H18N4O2/c1-11(2)9-7(4-6-18-9)12(11,13)10(17)15-8-3-5-14-16-8/h3,5,7,9H,4,6,13H2,1-2H3,(H2,14,15,16,17). The fourth-order valence-electron chi connectivity index (χ4n) is 3.40. The van der Waals surface area contributed by atoms with Crippen molar-refractivity contribution in [2.75, 3.05) is 11.9 Å². The number of anilines is 1. The number of nitrogens with two attached hydrogens (primary N) is 1. The molecule has 0 spiro atoms. The van der Waals surface area contributed by atoms with Gasteiger partial charge in [0.05, 0.1) is 12.3 Å². The predicted octanol–water partition coefficient (Wildman–Crippen LogP) is 0.491. The fraction of sp³-hybridized carbons (Fsp3) is 0.667. The number of carbonyl (C=O) groups excluding carboxylic acids is 1. The molecule has 1 aromatic heterocycles. The number of fused-ring (bicyclic) bond motifs is 1. The van der Waals surface area contributed by atoms with Gasteiger partial charge in [0.15, 0.2) is 0 Å². The summed E-state index contributed by atoms with van der Waals surface area (Å²) in [4.78, 5) is 12.4. The van der Waals surface area contributed by atoms with Gasteiger partial charge in [0.25, 0.3) is 0 Å². The van der Waals surface area contributed by atoms with Gasteiger partial charge in [-0.3, -0.25) is 9.89 Å². The summed E-state index contributed by atoms with van der Waals surface area (Å²) in [7, 11) is 0. The lowest BCUT2D eigenvalue weighted by Crippen LogP contribution is -2.79. The van der Waals surface area contributed by atoms with Crippen LogP contribution in [-0.2, 0) is 9.53 Å². The smallest absolute Gasteiger partial charge is 0.246 e. The van der Waals surface area contributed by atoms with Crippen LogP contribution in [0.5, 0.6) is 0 Å². The Morgan fingerprint density at radius 3 is 3.11 bits per heavy atom. The molecule has 98 valence electrons. The number of nitrogens with one attached hydrogen (secondary N) is 2. The number of carbonyl (C=O) groups is 1. The Labute approximate surface area is 105 Å². The lowest BCUT2D eigenvalue weighted by molar-refractivity contribution is -0.170. The molecule has 1 aromatic rings. The van der Waals surface area contributed by atoms with Crippen LogP contribution in [0, 0.1) is 11.3 Å². The molecule has 3 unspecified atom stereocenters. The van der Waals surface area contributed by atoms with Crippen molar-refractivity contribution in [3.8, 4) is 0 Å². The largest absolute Gasteiger partial charge is 0.377 e. The molecule has 18 heavy (non-hydrogen) atoms. The molecule has 2 aliphatic rings. The third kappa shape index (κ3) is 1.24. The number of ether oxygens (including phenoxy) is 1. The molecule has 4 N–H and O–H groups in total. The molecule has 2 heterocycles. The second-order valence-corrected chi connectivity index (χ2v) is 5.70. The van der Waals surface area contributed by atoms with E-state index in [-0.39, 0.29) is 23.3 Å². The van der Waals surface area contributed by atoms with Gasteiger partial charge in [-0.2, -0.15) is 5.10 Å². The van der Waals surface area contributed by atoms with Crippen molar-refractivity contribution in [3.05, 3.63) is 12.3 Å². The van der Waals surface area contributed by atoms with Gasteiger partial charge in [-0.1, -0.05) is 13.8 Å². The first kappa shape index (κ1) is 11.7. The van der Waals surface area contributed by atoms with E-state index in [0.717, 1.165) is 6.42 Å². The van der Waals surface area contributed by atoms with Gasteiger partial charge >= 0.3 is 0 Å². The topological polar surface area (TPSA) is 93.0 Å². The Kier molecular flexibility index (Phi) is 2.30. The zero-order valence-electron chi connectivity index (χ0n) is 10.6. The van der Waals surface area contributed by atoms with Crippen molar-refractivity contribution >= 4 is 11.7 Å². The lowest BCUT2D eigenvalue weighted by atomic mass is 9.48. The van der Waals surface area contributed by atoms with E-state index >= 15 is 0 Å². The van der Waals surface area contributed by atoms with Gasteiger partial charge in [0.2, 0.25) is 5.91 Å². The molecule has 1 saturated carbocycles. The molecule has 1 amide bonds. The molecule has 6 nitrogen and oxygen atoms in total. The molecule has 0 aromatic carbocycles. The van der Waals surface area contributed by atoms with Crippen LogP contribution in [0.1, 0.15) is 20.3 Å². The van der Waals surface area contributed by atoms with Crippen LogP contribution >= 0.6 is 0 Å². The Morgan fingerprint density at radius 2 is 2.44 bits per heavy atom. The maximum Gasteiger partial charge on any atom is 0.246 e. The molecule has 3 rings (SSSR count). The molecular formula is C12H18N4O2. The molecule has 1 saturated heterocycles. The first-order valence-electron chi connectivity index (χ1n) is 6.19. The maximum absolute atomic E-state index is 12.4. The van der Waals surface area contributed by atoms with Crippen LogP contribution in [-0.4, -0.2) is 34.4 Å². The minimum Gasteiger partial charge on any atom is -0.377 e. The van der Waals surface area contributed by atoms with Crippen LogP contribution in [0.4, 0.5) is 5.82 Å². The Morgan fingerprint density at radius 1 is 1.67 bits per heavy atom. The second kappa shape index (κ2) is 3.55. The maximum atomic E-state index is 12.4. The number of nitrogens with zero attached hydrogens (tertiary/aromatic N) is 1. The van der Waals surface area contributed by atoms with E-state index < -0.39 is 5.54 Å². The monoisotopic (exact) mass is 250 g/mol. The third-order valence-electron chi connectivity index (χ3n) is 4.58. The third-order valence-corrected chi connectivity index (χ3v) is 4.58. The van der Waals surface area contributed by atoms with Gasteiger partial charge < -0.3 is 15.8 Å². The van der Waals surface area contributed by atoms with Gasteiger partial charge in [0, 0.05) is 24.0 Å². The summed E-state index contributed by atoms with van der Waals surface area (Å²) in [5.74, 6) is 0.516. The van der Waals surface area contributed by atoms with Crippen LogP contribution < -0.4 is 11.1 Å². The predicted molar refractivity (Wildman–Crippen MR) is 65.8 cm³/mol. The summed E-state index contributed by atoms with van der Waals surface area (Å²) < 4.78 is 5.67. The lowest BCUT2D eigenvalue weighted by Gasteiger charge is -2.60. The van der Waals surface area contributed by atoms with Crippen molar-refractivity contribution < 1.29 is 9.53 Å². The van der Waals surface area contributed by atoms with Crippen LogP contribution in [0.2, 0.25) is 0 Å². The van der Waals surface area contributed by atoms with Crippen molar-refractivity contribution in [2.24, 2.45) is 17.1 Å². The van der Waals surface area contributed by atoms with Gasteiger partial charge in [-0.25, -0.2) is 0 Å². The number of aromatic amines is 1. The normalized spacial score (nSPS) is 36.8. The SMILES string of the molecule is CC1(C)C2OCCC2C1(N)C(=O)Nc1ccn[nH]1. The first-order valence-corrected chi connectivity index (χ1v) is 6.19. The number of aromatic nitrogens is 2. The van der Waals surface area contributed by atoms with E-state index in [1.54, 1.807) is 12.3 Å². The van der Waals surface area contributed by atoms with E-state index in [1.807, 2.05) is 13.8 Å².